The summed E-state index contributed by atoms with van der Waals surface area (Å²) in [4.78, 5) is 15.0. The monoisotopic (exact) mass is 422 g/mol. The third-order valence-electron chi connectivity index (χ3n) is 5.84. The van der Waals surface area contributed by atoms with E-state index in [2.05, 4.69) is 17.2 Å². The Hall–Kier alpha value is -2.42. The summed E-state index contributed by atoms with van der Waals surface area (Å²) in [5.74, 6) is -0.233. The van der Waals surface area contributed by atoms with Gasteiger partial charge in [0.15, 0.2) is 5.69 Å². The first-order valence-electron chi connectivity index (χ1n) is 10.2. The lowest BCUT2D eigenvalue weighted by atomic mass is 9.89. The normalized spacial score (nSPS) is 21.7. The van der Waals surface area contributed by atoms with Crippen molar-refractivity contribution in [2.75, 3.05) is 19.8 Å². The summed E-state index contributed by atoms with van der Waals surface area (Å²) in [6.07, 6.45) is 0.734. The molecule has 6 nitrogen and oxygen atoms in total. The van der Waals surface area contributed by atoms with E-state index < -0.39 is 11.7 Å². The number of hydrogen-bond donors (Lipinski definition) is 0. The SMILES string of the molecule is CC1(Cn2cc(C(=O)N3CCCCCC3c3ccc(C(F)(F)F)cc3)nn2)COC1. The Morgan fingerprint density at radius 3 is 2.57 bits per heavy atom. The van der Waals surface area contributed by atoms with Crippen LogP contribution in [0, 0.1) is 5.41 Å². The fourth-order valence-corrected chi connectivity index (χ4v) is 4.15. The molecule has 1 atom stereocenters. The van der Waals surface area contributed by atoms with E-state index in [9.17, 15) is 18.0 Å². The van der Waals surface area contributed by atoms with Crippen LogP contribution in [0.4, 0.5) is 13.2 Å². The second-order valence-electron chi connectivity index (χ2n) is 8.59. The lowest BCUT2D eigenvalue weighted by molar-refractivity contribution is -0.137. The summed E-state index contributed by atoms with van der Waals surface area (Å²) in [5, 5.41) is 8.17. The van der Waals surface area contributed by atoms with Crippen LogP contribution in [0.5, 0.6) is 0 Å². The van der Waals surface area contributed by atoms with E-state index in [1.54, 1.807) is 15.8 Å². The molecular formula is C21H25F3N4O2. The zero-order valence-corrected chi connectivity index (χ0v) is 16.9. The quantitative estimate of drug-likeness (QED) is 0.745. The topological polar surface area (TPSA) is 60.2 Å². The van der Waals surface area contributed by atoms with Crippen LogP contribution in [-0.4, -0.2) is 45.6 Å². The smallest absolute Gasteiger partial charge is 0.380 e. The molecular weight excluding hydrogens is 397 g/mol. The molecule has 1 amide bonds. The van der Waals surface area contributed by atoms with Crippen LogP contribution < -0.4 is 0 Å². The maximum absolute atomic E-state index is 13.2. The van der Waals surface area contributed by atoms with Crippen molar-refractivity contribution >= 4 is 5.91 Å². The van der Waals surface area contributed by atoms with E-state index in [0.29, 0.717) is 38.3 Å². The van der Waals surface area contributed by atoms with Crippen molar-refractivity contribution in [1.82, 2.24) is 19.9 Å². The zero-order valence-electron chi connectivity index (χ0n) is 16.9. The standard InChI is InChI=1S/C21H25F3N4O2/c1-20(13-30-14-20)12-27-11-17(25-26-27)19(29)28-10-4-2-3-5-18(28)15-6-8-16(9-7-15)21(22,23)24/h6-9,11,18H,2-5,10,12-14H2,1H3. The molecule has 0 aliphatic carbocycles. The summed E-state index contributed by atoms with van der Waals surface area (Å²) in [6.45, 7) is 4.56. The number of ether oxygens (including phenoxy) is 1. The molecule has 2 fully saturated rings. The Bertz CT molecular complexity index is 890. The summed E-state index contributed by atoms with van der Waals surface area (Å²) in [5.41, 5.74) is 0.288. The first-order chi connectivity index (χ1) is 14.3. The molecule has 3 heterocycles. The van der Waals surface area contributed by atoms with Gasteiger partial charge in [-0.2, -0.15) is 13.2 Å². The first kappa shape index (κ1) is 20.8. The average molecular weight is 422 g/mol. The van der Waals surface area contributed by atoms with Gasteiger partial charge in [0.05, 0.1) is 37.6 Å². The minimum atomic E-state index is -4.38. The fourth-order valence-electron chi connectivity index (χ4n) is 4.15. The van der Waals surface area contributed by atoms with Crippen molar-refractivity contribution in [1.29, 1.82) is 0 Å². The molecule has 2 aromatic rings. The van der Waals surface area contributed by atoms with E-state index in [4.69, 9.17) is 4.74 Å². The minimum absolute atomic E-state index is 0.000609. The maximum Gasteiger partial charge on any atom is 0.416 e. The van der Waals surface area contributed by atoms with E-state index in [1.807, 2.05) is 0 Å². The lowest BCUT2D eigenvalue weighted by Crippen LogP contribution is -2.43. The molecule has 0 N–H and O–H groups in total. The molecule has 0 saturated carbocycles. The second-order valence-corrected chi connectivity index (χ2v) is 8.59. The Morgan fingerprint density at radius 2 is 1.93 bits per heavy atom. The fraction of sp³-hybridized carbons (Fsp3) is 0.571. The number of hydrogen-bond acceptors (Lipinski definition) is 4. The number of rotatable bonds is 4. The number of amides is 1. The molecule has 0 bridgehead atoms. The molecule has 162 valence electrons. The Kier molecular flexibility index (Phi) is 5.57. The number of aromatic nitrogens is 3. The predicted molar refractivity (Wildman–Crippen MR) is 103 cm³/mol. The van der Waals surface area contributed by atoms with Crippen molar-refractivity contribution in [3.8, 4) is 0 Å². The molecule has 2 aliphatic rings. The van der Waals surface area contributed by atoms with Gasteiger partial charge >= 0.3 is 6.18 Å². The van der Waals surface area contributed by atoms with E-state index in [1.165, 1.54) is 12.1 Å². The molecule has 0 spiro atoms. The highest BCUT2D eigenvalue weighted by Crippen LogP contribution is 2.34. The van der Waals surface area contributed by atoms with Crippen LogP contribution in [0.1, 0.15) is 60.3 Å². The van der Waals surface area contributed by atoms with Crippen LogP contribution in [0.3, 0.4) is 0 Å². The number of benzene rings is 1. The van der Waals surface area contributed by atoms with E-state index in [-0.39, 0.29) is 23.1 Å². The largest absolute Gasteiger partial charge is 0.416 e. The van der Waals surface area contributed by atoms with Gasteiger partial charge in [0.2, 0.25) is 0 Å². The van der Waals surface area contributed by atoms with Crippen LogP contribution in [0.2, 0.25) is 0 Å². The van der Waals surface area contributed by atoms with Gasteiger partial charge in [-0.3, -0.25) is 9.48 Å². The number of likely N-dealkylation sites (tertiary alicyclic amines) is 1. The average Bonchev–Trinajstić information content (AvgIpc) is 3.00. The first-order valence-corrected chi connectivity index (χ1v) is 10.2. The molecule has 1 aromatic heterocycles. The molecule has 0 radical (unpaired) electrons. The minimum Gasteiger partial charge on any atom is -0.380 e. The summed E-state index contributed by atoms with van der Waals surface area (Å²) in [6, 6.07) is 4.85. The maximum atomic E-state index is 13.2. The van der Waals surface area contributed by atoms with Crippen LogP contribution in [0.25, 0.3) is 0 Å². The van der Waals surface area contributed by atoms with Gasteiger partial charge in [-0.15, -0.1) is 5.10 Å². The molecule has 9 heteroatoms. The van der Waals surface area contributed by atoms with Gasteiger partial charge in [-0.05, 0) is 30.5 Å². The second kappa shape index (κ2) is 8.02. The number of nitrogens with zero attached hydrogens (tertiary/aromatic N) is 4. The van der Waals surface area contributed by atoms with E-state index in [0.717, 1.165) is 31.4 Å². The number of halogens is 3. The highest BCUT2D eigenvalue weighted by molar-refractivity contribution is 5.92. The molecule has 2 saturated heterocycles. The van der Waals surface area contributed by atoms with Crippen molar-refractivity contribution < 1.29 is 22.7 Å². The highest BCUT2D eigenvalue weighted by atomic mass is 19.4. The lowest BCUT2D eigenvalue weighted by Gasteiger charge is -2.37. The molecule has 1 aromatic carbocycles. The van der Waals surface area contributed by atoms with Gasteiger partial charge in [0.1, 0.15) is 0 Å². The zero-order chi connectivity index (χ0) is 21.4. The van der Waals surface area contributed by atoms with Gasteiger partial charge in [0.25, 0.3) is 5.91 Å². The van der Waals surface area contributed by atoms with Crippen LogP contribution in [-0.2, 0) is 17.5 Å². The van der Waals surface area contributed by atoms with Gasteiger partial charge in [0, 0.05) is 12.0 Å². The third-order valence-corrected chi connectivity index (χ3v) is 5.84. The van der Waals surface area contributed by atoms with Crippen LogP contribution in [0.15, 0.2) is 30.5 Å². The summed E-state index contributed by atoms with van der Waals surface area (Å²) >= 11 is 0. The Morgan fingerprint density at radius 1 is 1.20 bits per heavy atom. The van der Waals surface area contributed by atoms with Gasteiger partial charge in [-0.1, -0.05) is 37.1 Å². The molecule has 1 unspecified atom stereocenters. The summed E-state index contributed by atoms with van der Waals surface area (Å²) in [7, 11) is 0. The highest BCUT2D eigenvalue weighted by Gasteiger charge is 2.35. The van der Waals surface area contributed by atoms with Crippen molar-refractivity contribution in [3.05, 3.63) is 47.3 Å². The Balaban J connectivity index is 1.54. The number of carbonyl (C=O) groups is 1. The molecule has 30 heavy (non-hydrogen) atoms. The van der Waals surface area contributed by atoms with Crippen molar-refractivity contribution in [2.24, 2.45) is 5.41 Å². The van der Waals surface area contributed by atoms with Gasteiger partial charge in [-0.25, -0.2) is 0 Å². The number of carbonyl (C=O) groups excluding carboxylic acids is 1. The predicted octanol–water partition coefficient (Wildman–Crippen LogP) is 4.09. The van der Waals surface area contributed by atoms with Crippen molar-refractivity contribution in [3.63, 3.8) is 0 Å². The Labute approximate surface area is 173 Å². The third kappa shape index (κ3) is 4.35. The molecule has 2 aliphatic heterocycles. The van der Waals surface area contributed by atoms with Crippen molar-refractivity contribution in [2.45, 2.75) is 51.4 Å². The van der Waals surface area contributed by atoms with Crippen LogP contribution >= 0.6 is 0 Å². The van der Waals surface area contributed by atoms with E-state index >= 15 is 0 Å². The number of alkyl halides is 3. The summed E-state index contributed by atoms with van der Waals surface area (Å²) < 4.78 is 45.7. The molecule has 4 rings (SSSR count). The van der Waals surface area contributed by atoms with Gasteiger partial charge < -0.3 is 9.64 Å².